The number of rotatable bonds is 2. The maximum absolute atomic E-state index is 12.4. The molecule has 0 unspecified atom stereocenters. The van der Waals surface area contributed by atoms with E-state index in [1.807, 2.05) is 0 Å². The molecule has 0 radical (unpaired) electrons. The Morgan fingerprint density at radius 2 is 2.43 bits per heavy atom. The van der Waals surface area contributed by atoms with Crippen LogP contribution in [-0.4, -0.2) is 57.8 Å². The Hall–Kier alpha value is -1.89. The molecule has 3 N–H and O–H groups in total. The van der Waals surface area contributed by atoms with Crippen molar-refractivity contribution in [3.63, 3.8) is 0 Å². The highest BCUT2D eigenvalue weighted by atomic mass is 16.3. The molecule has 114 valence electrons. The van der Waals surface area contributed by atoms with Gasteiger partial charge in [0.1, 0.15) is 0 Å². The Morgan fingerprint density at radius 1 is 1.57 bits per heavy atom. The number of hydrogen-bond donors (Lipinski definition) is 3. The van der Waals surface area contributed by atoms with Crippen molar-refractivity contribution in [1.29, 1.82) is 0 Å². The molecule has 1 aromatic heterocycles. The molecule has 3 rings (SSSR count). The van der Waals surface area contributed by atoms with Gasteiger partial charge in [-0.25, -0.2) is 0 Å². The maximum atomic E-state index is 12.4. The van der Waals surface area contributed by atoms with Crippen molar-refractivity contribution in [2.75, 3.05) is 19.6 Å². The molecule has 7 heteroatoms. The minimum Gasteiger partial charge on any atom is -0.392 e. The van der Waals surface area contributed by atoms with Crippen LogP contribution in [0.5, 0.6) is 0 Å². The van der Waals surface area contributed by atoms with Crippen LogP contribution in [0, 0.1) is 5.41 Å². The van der Waals surface area contributed by atoms with Gasteiger partial charge in [0, 0.05) is 31.5 Å². The van der Waals surface area contributed by atoms with Gasteiger partial charge < -0.3 is 15.3 Å². The van der Waals surface area contributed by atoms with Crippen molar-refractivity contribution in [3.05, 3.63) is 18.0 Å². The number of nitrogens with zero attached hydrogens (tertiary/aromatic N) is 2. The SMILES string of the molecule is O=C(Cc1ccn[nH]1)N1CC[C@@H](O)[C@@]2(CCCNC2=O)C1. The van der Waals surface area contributed by atoms with Crippen LogP contribution in [0.25, 0.3) is 0 Å². The first kappa shape index (κ1) is 14.1. The van der Waals surface area contributed by atoms with E-state index in [0.717, 1.165) is 12.1 Å². The molecule has 2 atom stereocenters. The number of carbonyl (C=O) groups is 2. The molecule has 21 heavy (non-hydrogen) atoms. The van der Waals surface area contributed by atoms with E-state index in [2.05, 4.69) is 15.5 Å². The van der Waals surface area contributed by atoms with Crippen LogP contribution in [0.15, 0.2) is 12.3 Å². The first-order valence-corrected chi connectivity index (χ1v) is 7.34. The molecule has 0 saturated carbocycles. The second kappa shape index (κ2) is 5.48. The average molecular weight is 292 g/mol. The summed E-state index contributed by atoms with van der Waals surface area (Å²) in [6, 6.07) is 1.76. The van der Waals surface area contributed by atoms with Gasteiger partial charge in [0.2, 0.25) is 11.8 Å². The lowest BCUT2D eigenvalue weighted by atomic mass is 9.71. The predicted octanol–water partition coefficient (Wildman–Crippen LogP) is -0.558. The number of aliphatic hydroxyl groups is 1. The van der Waals surface area contributed by atoms with Crippen molar-refractivity contribution >= 4 is 11.8 Å². The molecular formula is C14H20N4O3. The topological polar surface area (TPSA) is 98.3 Å². The van der Waals surface area contributed by atoms with E-state index in [9.17, 15) is 14.7 Å². The van der Waals surface area contributed by atoms with Crippen LogP contribution in [-0.2, 0) is 16.0 Å². The lowest BCUT2D eigenvalue weighted by Gasteiger charge is -2.46. The number of H-pyrrole nitrogens is 1. The van der Waals surface area contributed by atoms with E-state index in [1.165, 1.54) is 0 Å². The molecule has 2 saturated heterocycles. The number of carbonyl (C=O) groups excluding carboxylic acids is 2. The zero-order valence-electron chi connectivity index (χ0n) is 11.8. The summed E-state index contributed by atoms with van der Waals surface area (Å²) in [6.45, 7) is 1.44. The Kier molecular flexibility index (Phi) is 3.67. The van der Waals surface area contributed by atoms with Crippen molar-refractivity contribution in [1.82, 2.24) is 20.4 Å². The van der Waals surface area contributed by atoms with E-state index >= 15 is 0 Å². The van der Waals surface area contributed by atoms with Gasteiger partial charge in [-0.05, 0) is 25.3 Å². The molecule has 1 aromatic rings. The fraction of sp³-hybridized carbons (Fsp3) is 0.643. The van der Waals surface area contributed by atoms with Gasteiger partial charge in [-0.3, -0.25) is 14.7 Å². The molecule has 2 aliphatic heterocycles. The number of hydrogen-bond acceptors (Lipinski definition) is 4. The summed E-state index contributed by atoms with van der Waals surface area (Å²) in [5, 5.41) is 19.7. The molecule has 0 aromatic carbocycles. The quantitative estimate of drug-likeness (QED) is 0.680. The molecule has 2 fully saturated rings. The lowest BCUT2D eigenvalue weighted by molar-refractivity contribution is -0.154. The van der Waals surface area contributed by atoms with Crippen molar-refractivity contribution < 1.29 is 14.7 Å². The third-order valence-electron chi connectivity index (χ3n) is 4.57. The van der Waals surface area contributed by atoms with Gasteiger partial charge in [0.15, 0.2) is 0 Å². The first-order chi connectivity index (χ1) is 10.1. The number of amides is 2. The molecular weight excluding hydrogens is 272 g/mol. The third-order valence-corrected chi connectivity index (χ3v) is 4.57. The highest BCUT2D eigenvalue weighted by molar-refractivity contribution is 5.86. The van der Waals surface area contributed by atoms with E-state index in [-0.39, 0.29) is 18.2 Å². The van der Waals surface area contributed by atoms with Crippen LogP contribution in [0.2, 0.25) is 0 Å². The number of piperidine rings is 2. The fourth-order valence-electron chi connectivity index (χ4n) is 3.31. The summed E-state index contributed by atoms with van der Waals surface area (Å²) >= 11 is 0. The van der Waals surface area contributed by atoms with Crippen LogP contribution < -0.4 is 5.32 Å². The van der Waals surface area contributed by atoms with E-state index in [1.54, 1.807) is 17.2 Å². The van der Waals surface area contributed by atoms with Gasteiger partial charge in [0.05, 0.1) is 17.9 Å². The number of nitrogens with one attached hydrogen (secondary N) is 2. The van der Waals surface area contributed by atoms with Gasteiger partial charge in [-0.15, -0.1) is 0 Å². The summed E-state index contributed by atoms with van der Waals surface area (Å²) in [7, 11) is 0. The molecule has 1 spiro atoms. The fourth-order valence-corrected chi connectivity index (χ4v) is 3.31. The van der Waals surface area contributed by atoms with Crippen LogP contribution in [0.1, 0.15) is 25.0 Å². The monoisotopic (exact) mass is 292 g/mol. The molecule has 3 heterocycles. The zero-order valence-corrected chi connectivity index (χ0v) is 11.8. The number of likely N-dealkylation sites (tertiary alicyclic amines) is 1. The number of aromatic amines is 1. The van der Waals surface area contributed by atoms with Gasteiger partial charge >= 0.3 is 0 Å². The van der Waals surface area contributed by atoms with E-state index < -0.39 is 11.5 Å². The van der Waals surface area contributed by atoms with E-state index in [0.29, 0.717) is 32.5 Å². The smallest absolute Gasteiger partial charge is 0.230 e. The minimum atomic E-state index is -0.833. The van der Waals surface area contributed by atoms with Gasteiger partial charge in [-0.2, -0.15) is 5.10 Å². The summed E-state index contributed by atoms with van der Waals surface area (Å²) < 4.78 is 0. The van der Waals surface area contributed by atoms with E-state index in [4.69, 9.17) is 0 Å². The van der Waals surface area contributed by atoms with Gasteiger partial charge in [0.25, 0.3) is 0 Å². The Balaban J connectivity index is 1.73. The highest BCUT2D eigenvalue weighted by Gasteiger charge is 2.50. The molecule has 0 aliphatic carbocycles. The minimum absolute atomic E-state index is 0.0381. The lowest BCUT2D eigenvalue weighted by Crippen LogP contribution is -2.62. The highest BCUT2D eigenvalue weighted by Crippen LogP contribution is 2.37. The normalized spacial score (nSPS) is 29.5. The second-order valence-corrected chi connectivity index (χ2v) is 5.89. The summed E-state index contributed by atoms with van der Waals surface area (Å²) in [4.78, 5) is 26.3. The number of aliphatic hydroxyl groups excluding tert-OH is 1. The Bertz CT molecular complexity index is 530. The largest absolute Gasteiger partial charge is 0.392 e. The van der Waals surface area contributed by atoms with Crippen molar-refractivity contribution in [3.8, 4) is 0 Å². The average Bonchev–Trinajstić information content (AvgIpc) is 2.97. The molecule has 2 amide bonds. The molecule has 0 bridgehead atoms. The first-order valence-electron chi connectivity index (χ1n) is 7.34. The summed E-state index contributed by atoms with van der Waals surface area (Å²) in [6.07, 6.45) is 3.10. The van der Waals surface area contributed by atoms with Crippen LogP contribution in [0.4, 0.5) is 0 Å². The Labute approximate surface area is 122 Å². The zero-order chi connectivity index (χ0) is 14.9. The maximum Gasteiger partial charge on any atom is 0.230 e. The third kappa shape index (κ3) is 2.53. The standard InChI is InChI=1S/C14H20N4O3/c19-11-3-7-18(12(20)8-10-2-6-16-17-10)9-14(11)4-1-5-15-13(14)21/h2,6,11,19H,1,3-5,7-9H2,(H,15,21)(H,16,17)/t11-,14-/m1/s1. The van der Waals surface area contributed by atoms with Crippen molar-refractivity contribution in [2.24, 2.45) is 5.41 Å². The second-order valence-electron chi connectivity index (χ2n) is 5.89. The summed E-state index contributed by atoms with van der Waals surface area (Å²) in [5.41, 5.74) is -0.0755. The predicted molar refractivity (Wildman–Crippen MR) is 74.2 cm³/mol. The Morgan fingerprint density at radius 3 is 3.14 bits per heavy atom. The molecule has 2 aliphatic rings. The van der Waals surface area contributed by atoms with Crippen molar-refractivity contribution in [2.45, 2.75) is 31.8 Å². The van der Waals surface area contributed by atoms with Crippen LogP contribution in [0.3, 0.4) is 0 Å². The summed E-state index contributed by atoms with van der Waals surface area (Å²) in [5.74, 6) is -0.163. The number of aromatic nitrogens is 2. The van der Waals surface area contributed by atoms with Gasteiger partial charge in [-0.1, -0.05) is 0 Å². The van der Waals surface area contributed by atoms with Crippen LogP contribution >= 0.6 is 0 Å². The molecule has 7 nitrogen and oxygen atoms in total.